The molecule has 2 aromatic heterocycles. The largest absolute Gasteiger partial charge is 0.272 e. The van der Waals surface area contributed by atoms with Crippen molar-refractivity contribution in [1.82, 2.24) is 4.98 Å². The number of aryl methyl sites for hydroxylation is 1. The molecule has 0 spiro atoms. The summed E-state index contributed by atoms with van der Waals surface area (Å²) in [4.78, 5) is 3.98. The van der Waals surface area contributed by atoms with E-state index in [2.05, 4.69) is 9.71 Å². The zero-order valence-corrected chi connectivity index (χ0v) is 11.2. The Morgan fingerprint density at radius 1 is 1.35 bits per heavy atom. The van der Waals surface area contributed by atoms with Gasteiger partial charge in [-0.2, -0.15) is 0 Å². The van der Waals surface area contributed by atoms with Gasteiger partial charge in [0.25, 0.3) is 10.0 Å². The standard InChI is InChI=1S/C10H9ClN2O2S2/c1-7-3-2-6-12-10(7)13-17(14,15)9-5-4-8(11)16-9/h2-6H,1H3,(H,12,13). The SMILES string of the molecule is Cc1cccnc1NS(=O)(=O)c1ccc(Cl)s1. The van der Waals surface area contributed by atoms with E-state index >= 15 is 0 Å². The van der Waals surface area contributed by atoms with Gasteiger partial charge in [-0.3, -0.25) is 4.72 Å². The van der Waals surface area contributed by atoms with Gasteiger partial charge in [-0.1, -0.05) is 17.7 Å². The molecule has 17 heavy (non-hydrogen) atoms. The highest BCUT2D eigenvalue weighted by Crippen LogP contribution is 2.27. The average molecular weight is 289 g/mol. The number of nitrogens with one attached hydrogen (secondary N) is 1. The van der Waals surface area contributed by atoms with Gasteiger partial charge < -0.3 is 0 Å². The van der Waals surface area contributed by atoms with Crippen LogP contribution in [-0.4, -0.2) is 13.4 Å². The third-order valence-corrected chi connectivity index (χ3v) is 5.12. The third-order valence-electron chi connectivity index (χ3n) is 2.05. The number of thiophene rings is 1. The van der Waals surface area contributed by atoms with Crippen molar-refractivity contribution in [2.75, 3.05) is 4.72 Å². The lowest BCUT2D eigenvalue weighted by Gasteiger charge is -2.07. The predicted molar refractivity (Wildman–Crippen MR) is 69.1 cm³/mol. The van der Waals surface area contributed by atoms with Crippen molar-refractivity contribution in [2.24, 2.45) is 0 Å². The highest BCUT2D eigenvalue weighted by atomic mass is 35.5. The normalized spacial score (nSPS) is 11.4. The summed E-state index contributed by atoms with van der Waals surface area (Å²) in [5.74, 6) is 0.331. The van der Waals surface area contributed by atoms with Crippen molar-refractivity contribution in [1.29, 1.82) is 0 Å². The van der Waals surface area contributed by atoms with Gasteiger partial charge in [0.2, 0.25) is 0 Å². The Bertz CT molecular complexity index is 637. The average Bonchev–Trinajstić information content (AvgIpc) is 2.69. The molecule has 2 rings (SSSR count). The molecule has 0 aromatic carbocycles. The van der Waals surface area contributed by atoms with E-state index in [1.54, 1.807) is 25.1 Å². The Morgan fingerprint density at radius 3 is 2.71 bits per heavy atom. The molecular formula is C10H9ClN2O2S2. The maximum atomic E-state index is 12.0. The molecule has 0 atom stereocenters. The van der Waals surface area contributed by atoms with Crippen LogP contribution >= 0.6 is 22.9 Å². The fourth-order valence-electron chi connectivity index (χ4n) is 1.21. The number of halogens is 1. The smallest absolute Gasteiger partial charge is 0.262 e. The lowest BCUT2D eigenvalue weighted by molar-refractivity contribution is 0.603. The van der Waals surface area contributed by atoms with Gasteiger partial charge in [-0.05, 0) is 30.7 Å². The summed E-state index contributed by atoms with van der Waals surface area (Å²) in [6, 6.07) is 6.54. The minimum absolute atomic E-state index is 0.174. The summed E-state index contributed by atoms with van der Waals surface area (Å²) in [5.41, 5.74) is 0.763. The number of sulfonamides is 1. The van der Waals surface area contributed by atoms with E-state index in [1.807, 2.05) is 0 Å². The second kappa shape index (κ2) is 4.64. The molecule has 0 aliphatic carbocycles. The van der Waals surface area contributed by atoms with Crippen LogP contribution in [0.25, 0.3) is 0 Å². The molecule has 0 aliphatic rings. The fraction of sp³-hybridized carbons (Fsp3) is 0.100. The predicted octanol–water partition coefficient (Wildman–Crippen LogP) is 2.91. The monoisotopic (exact) mass is 288 g/mol. The molecule has 2 aromatic rings. The highest BCUT2D eigenvalue weighted by Gasteiger charge is 2.17. The second-order valence-corrected chi connectivity index (χ2v) is 6.96. The van der Waals surface area contributed by atoms with E-state index in [-0.39, 0.29) is 4.21 Å². The third kappa shape index (κ3) is 2.77. The lowest BCUT2D eigenvalue weighted by Crippen LogP contribution is -2.13. The van der Waals surface area contributed by atoms with Crippen molar-refractivity contribution in [3.63, 3.8) is 0 Å². The Labute approximate surface area is 108 Å². The van der Waals surface area contributed by atoms with Crippen LogP contribution in [0, 0.1) is 6.92 Å². The Balaban J connectivity index is 2.33. The molecule has 90 valence electrons. The van der Waals surface area contributed by atoms with Gasteiger partial charge >= 0.3 is 0 Å². The molecule has 7 heteroatoms. The van der Waals surface area contributed by atoms with E-state index in [0.29, 0.717) is 10.2 Å². The van der Waals surface area contributed by atoms with Crippen molar-refractivity contribution < 1.29 is 8.42 Å². The maximum absolute atomic E-state index is 12.0. The second-order valence-electron chi connectivity index (χ2n) is 3.33. The van der Waals surface area contributed by atoms with Crippen molar-refractivity contribution in [2.45, 2.75) is 11.1 Å². The Kier molecular flexibility index (Phi) is 3.37. The minimum Gasteiger partial charge on any atom is -0.262 e. The molecule has 0 radical (unpaired) electrons. The maximum Gasteiger partial charge on any atom is 0.272 e. The molecular weight excluding hydrogens is 280 g/mol. The summed E-state index contributed by atoms with van der Waals surface area (Å²) in [7, 11) is -3.59. The summed E-state index contributed by atoms with van der Waals surface area (Å²) >= 11 is 6.72. The van der Waals surface area contributed by atoms with E-state index in [4.69, 9.17) is 11.6 Å². The molecule has 0 bridgehead atoms. The molecule has 0 unspecified atom stereocenters. The van der Waals surface area contributed by atoms with Crippen LogP contribution in [0.15, 0.2) is 34.7 Å². The van der Waals surface area contributed by atoms with Gasteiger partial charge in [0.15, 0.2) is 0 Å². The van der Waals surface area contributed by atoms with Gasteiger partial charge in [0, 0.05) is 6.20 Å². The van der Waals surface area contributed by atoms with Gasteiger partial charge in [-0.15, -0.1) is 11.3 Å². The highest BCUT2D eigenvalue weighted by molar-refractivity contribution is 7.94. The Morgan fingerprint density at radius 2 is 2.12 bits per heavy atom. The van der Waals surface area contributed by atoms with Crippen LogP contribution in [0.3, 0.4) is 0 Å². The Hall–Kier alpha value is -1.11. The van der Waals surface area contributed by atoms with Crippen LogP contribution in [0.5, 0.6) is 0 Å². The van der Waals surface area contributed by atoms with Gasteiger partial charge in [-0.25, -0.2) is 13.4 Å². The molecule has 0 amide bonds. The fourth-order valence-corrected chi connectivity index (χ4v) is 3.78. The first kappa shape index (κ1) is 12.3. The zero-order valence-electron chi connectivity index (χ0n) is 8.84. The number of pyridine rings is 1. The van der Waals surface area contributed by atoms with Crippen LogP contribution < -0.4 is 4.72 Å². The molecule has 0 saturated heterocycles. The molecule has 0 fully saturated rings. The summed E-state index contributed by atoms with van der Waals surface area (Å²) in [5, 5.41) is 0. The zero-order chi connectivity index (χ0) is 12.5. The molecule has 2 heterocycles. The first-order valence-corrected chi connectivity index (χ1v) is 7.36. The summed E-state index contributed by atoms with van der Waals surface area (Å²) in [6.45, 7) is 1.78. The van der Waals surface area contributed by atoms with Crippen LogP contribution in [-0.2, 0) is 10.0 Å². The van der Waals surface area contributed by atoms with Crippen LogP contribution in [0.2, 0.25) is 4.34 Å². The van der Waals surface area contributed by atoms with E-state index in [9.17, 15) is 8.42 Å². The topological polar surface area (TPSA) is 59.1 Å². The number of aromatic nitrogens is 1. The summed E-state index contributed by atoms with van der Waals surface area (Å²) < 4.78 is 27.0. The molecule has 4 nitrogen and oxygen atoms in total. The number of anilines is 1. The number of hydrogen-bond acceptors (Lipinski definition) is 4. The molecule has 0 aliphatic heterocycles. The lowest BCUT2D eigenvalue weighted by atomic mass is 10.3. The van der Waals surface area contributed by atoms with Crippen molar-refractivity contribution in [3.8, 4) is 0 Å². The van der Waals surface area contributed by atoms with E-state index in [1.165, 1.54) is 12.3 Å². The first-order valence-electron chi connectivity index (χ1n) is 4.69. The minimum atomic E-state index is -3.59. The van der Waals surface area contributed by atoms with Gasteiger partial charge in [0.1, 0.15) is 10.0 Å². The number of rotatable bonds is 3. The van der Waals surface area contributed by atoms with Gasteiger partial charge in [0.05, 0.1) is 4.34 Å². The van der Waals surface area contributed by atoms with Crippen molar-refractivity contribution in [3.05, 3.63) is 40.4 Å². The number of nitrogens with zero attached hydrogens (tertiary/aromatic N) is 1. The molecule has 1 N–H and O–H groups in total. The van der Waals surface area contributed by atoms with Crippen molar-refractivity contribution >= 4 is 38.8 Å². The van der Waals surface area contributed by atoms with E-state index < -0.39 is 10.0 Å². The van der Waals surface area contributed by atoms with Crippen LogP contribution in [0.4, 0.5) is 5.82 Å². The quantitative estimate of drug-likeness (QED) is 0.945. The van der Waals surface area contributed by atoms with E-state index in [0.717, 1.165) is 16.9 Å². The first-order chi connectivity index (χ1) is 7.99. The summed E-state index contributed by atoms with van der Waals surface area (Å²) in [6.07, 6.45) is 1.53. The molecule has 0 saturated carbocycles. The number of hydrogen-bond donors (Lipinski definition) is 1. The van der Waals surface area contributed by atoms with Crippen LogP contribution in [0.1, 0.15) is 5.56 Å².